The summed E-state index contributed by atoms with van der Waals surface area (Å²) in [6.45, 7) is 1.94. The minimum absolute atomic E-state index is 0.107. The first-order chi connectivity index (χ1) is 10.9. The number of benzene rings is 3. The van der Waals surface area contributed by atoms with Crippen molar-refractivity contribution in [3.05, 3.63) is 83.4 Å². The van der Waals surface area contributed by atoms with Crippen molar-refractivity contribution in [2.24, 2.45) is 0 Å². The van der Waals surface area contributed by atoms with Gasteiger partial charge in [-0.25, -0.2) is 0 Å². The van der Waals surface area contributed by atoms with Crippen LogP contribution in [0.2, 0.25) is 0 Å². The molecule has 0 fully saturated rings. The minimum Gasteiger partial charge on any atom is -0.394 e. The zero-order chi connectivity index (χ0) is 14.9. The van der Waals surface area contributed by atoms with E-state index in [1.165, 1.54) is 27.5 Å². The van der Waals surface area contributed by atoms with E-state index in [1.54, 1.807) is 0 Å². The first-order valence-electron chi connectivity index (χ1n) is 7.76. The molecule has 1 N–H and O–H groups in total. The zero-order valence-corrected chi connectivity index (χ0v) is 12.4. The molecule has 1 aliphatic rings. The van der Waals surface area contributed by atoms with Gasteiger partial charge in [0.25, 0.3) is 0 Å². The number of hydrogen-bond acceptors (Lipinski definition) is 2. The molecule has 3 aromatic rings. The summed E-state index contributed by atoms with van der Waals surface area (Å²) in [5.41, 5.74) is 3.93. The molecule has 0 bridgehead atoms. The molecule has 22 heavy (non-hydrogen) atoms. The molecule has 3 aromatic carbocycles. The lowest BCUT2D eigenvalue weighted by Crippen LogP contribution is -2.24. The van der Waals surface area contributed by atoms with Gasteiger partial charge >= 0.3 is 0 Å². The predicted molar refractivity (Wildman–Crippen MR) is 89.5 cm³/mol. The summed E-state index contributed by atoms with van der Waals surface area (Å²) < 4.78 is 0. The van der Waals surface area contributed by atoms with Gasteiger partial charge < -0.3 is 5.11 Å². The van der Waals surface area contributed by atoms with Crippen molar-refractivity contribution in [3.8, 4) is 0 Å². The summed E-state index contributed by atoms with van der Waals surface area (Å²) in [6, 6.07) is 23.5. The van der Waals surface area contributed by atoms with Crippen molar-refractivity contribution < 1.29 is 5.11 Å². The lowest BCUT2D eigenvalue weighted by atomic mass is 10.0. The third kappa shape index (κ3) is 2.21. The van der Waals surface area contributed by atoms with Gasteiger partial charge in [0.1, 0.15) is 0 Å². The third-order valence-corrected chi connectivity index (χ3v) is 4.65. The van der Waals surface area contributed by atoms with E-state index in [2.05, 4.69) is 71.6 Å². The highest BCUT2D eigenvalue weighted by Gasteiger charge is 2.29. The SMILES string of the molecule is OCC1c2ccccc2CN1Cc1cccc2ccccc12. The second-order valence-electron chi connectivity index (χ2n) is 5.94. The summed E-state index contributed by atoms with van der Waals surface area (Å²) in [6.07, 6.45) is 0. The molecule has 0 amide bonds. The standard InChI is InChI=1S/C20H19NO/c22-14-20-19-11-4-2-7-17(19)13-21(20)12-16-9-5-8-15-6-1-3-10-18(15)16/h1-11,20,22H,12-14H2. The monoisotopic (exact) mass is 289 g/mol. The van der Waals surface area contributed by atoms with E-state index >= 15 is 0 Å². The van der Waals surface area contributed by atoms with Gasteiger partial charge in [0.2, 0.25) is 0 Å². The Kier molecular flexibility index (Phi) is 3.41. The predicted octanol–water partition coefficient (Wildman–Crippen LogP) is 3.89. The van der Waals surface area contributed by atoms with E-state index in [0.717, 1.165) is 13.1 Å². The van der Waals surface area contributed by atoms with Crippen LogP contribution >= 0.6 is 0 Å². The second-order valence-corrected chi connectivity index (χ2v) is 5.94. The largest absolute Gasteiger partial charge is 0.394 e. The Hall–Kier alpha value is -2.16. The fourth-order valence-electron chi connectivity index (χ4n) is 3.56. The van der Waals surface area contributed by atoms with Gasteiger partial charge in [-0.1, -0.05) is 66.7 Å². The lowest BCUT2D eigenvalue weighted by Gasteiger charge is -2.24. The molecule has 1 unspecified atom stereocenters. The lowest BCUT2D eigenvalue weighted by molar-refractivity contribution is 0.129. The first kappa shape index (κ1) is 13.5. The van der Waals surface area contributed by atoms with E-state index < -0.39 is 0 Å². The molecule has 1 atom stereocenters. The molecule has 0 saturated carbocycles. The van der Waals surface area contributed by atoms with Crippen LogP contribution < -0.4 is 0 Å². The number of rotatable bonds is 3. The quantitative estimate of drug-likeness (QED) is 0.790. The molecule has 4 rings (SSSR count). The summed E-state index contributed by atoms with van der Waals surface area (Å²) in [5, 5.41) is 12.4. The number of aliphatic hydroxyl groups excluding tert-OH is 1. The zero-order valence-electron chi connectivity index (χ0n) is 12.4. The molecule has 0 spiro atoms. The van der Waals surface area contributed by atoms with Crippen molar-refractivity contribution in [2.45, 2.75) is 19.1 Å². The van der Waals surface area contributed by atoms with Crippen LogP contribution in [0.1, 0.15) is 22.7 Å². The fraction of sp³-hybridized carbons (Fsp3) is 0.200. The van der Waals surface area contributed by atoms with Crippen molar-refractivity contribution in [1.82, 2.24) is 4.90 Å². The summed E-state index contributed by atoms with van der Waals surface area (Å²) in [5.74, 6) is 0. The number of hydrogen-bond donors (Lipinski definition) is 1. The van der Waals surface area contributed by atoms with Crippen LogP contribution in [0.4, 0.5) is 0 Å². The van der Waals surface area contributed by atoms with Gasteiger partial charge in [0, 0.05) is 13.1 Å². The maximum Gasteiger partial charge on any atom is 0.0628 e. The summed E-state index contributed by atoms with van der Waals surface area (Å²) >= 11 is 0. The van der Waals surface area contributed by atoms with Crippen molar-refractivity contribution >= 4 is 10.8 Å². The topological polar surface area (TPSA) is 23.5 Å². The molecule has 0 aromatic heterocycles. The van der Waals surface area contributed by atoms with Crippen molar-refractivity contribution in [3.63, 3.8) is 0 Å². The van der Waals surface area contributed by atoms with E-state index in [1.807, 2.05) is 0 Å². The summed E-state index contributed by atoms with van der Waals surface area (Å²) in [4.78, 5) is 2.37. The van der Waals surface area contributed by atoms with Crippen LogP contribution in [-0.2, 0) is 13.1 Å². The average molecular weight is 289 g/mol. The van der Waals surface area contributed by atoms with Crippen LogP contribution in [0.5, 0.6) is 0 Å². The molecule has 110 valence electrons. The Bertz CT molecular complexity index is 806. The van der Waals surface area contributed by atoms with Crippen molar-refractivity contribution in [1.29, 1.82) is 0 Å². The van der Waals surface area contributed by atoms with E-state index in [9.17, 15) is 5.11 Å². The van der Waals surface area contributed by atoms with E-state index in [0.29, 0.717) is 0 Å². The van der Waals surface area contributed by atoms with Gasteiger partial charge in [0.15, 0.2) is 0 Å². The molecule has 0 saturated heterocycles. The third-order valence-electron chi connectivity index (χ3n) is 4.65. The Morgan fingerprint density at radius 1 is 0.909 bits per heavy atom. The van der Waals surface area contributed by atoms with Gasteiger partial charge in [-0.05, 0) is 27.5 Å². The fourth-order valence-corrected chi connectivity index (χ4v) is 3.56. The molecule has 2 nitrogen and oxygen atoms in total. The molecule has 0 radical (unpaired) electrons. The Labute approximate surface area is 130 Å². The number of nitrogens with zero attached hydrogens (tertiary/aromatic N) is 1. The van der Waals surface area contributed by atoms with E-state index in [4.69, 9.17) is 0 Å². The molecular formula is C20H19NO. The summed E-state index contributed by atoms with van der Waals surface area (Å²) in [7, 11) is 0. The Balaban J connectivity index is 1.69. The van der Waals surface area contributed by atoms with Gasteiger partial charge in [0.05, 0.1) is 12.6 Å². The second kappa shape index (κ2) is 5.56. The molecule has 1 heterocycles. The number of fused-ring (bicyclic) bond motifs is 2. The maximum atomic E-state index is 9.83. The highest BCUT2D eigenvalue weighted by molar-refractivity contribution is 5.85. The van der Waals surface area contributed by atoms with Gasteiger partial charge in [-0.3, -0.25) is 4.90 Å². The van der Waals surface area contributed by atoms with Crippen LogP contribution in [0.25, 0.3) is 10.8 Å². The molecule has 2 heteroatoms. The van der Waals surface area contributed by atoms with Gasteiger partial charge in [-0.2, -0.15) is 0 Å². The van der Waals surface area contributed by atoms with Crippen LogP contribution in [0.3, 0.4) is 0 Å². The first-order valence-corrected chi connectivity index (χ1v) is 7.76. The molecule has 1 aliphatic heterocycles. The van der Waals surface area contributed by atoms with E-state index in [-0.39, 0.29) is 12.6 Å². The Morgan fingerprint density at radius 3 is 2.59 bits per heavy atom. The minimum atomic E-state index is 0.107. The average Bonchev–Trinajstić information content (AvgIpc) is 2.92. The Morgan fingerprint density at radius 2 is 1.68 bits per heavy atom. The molecular weight excluding hydrogens is 270 g/mol. The van der Waals surface area contributed by atoms with Crippen LogP contribution in [0, 0.1) is 0 Å². The van der Waals surface area contributed by atoms with Gasteiger partial charge in [-0.15, -0.1) is 0 Å². The maximum absolute atomic E-state index is 9.83. The van der Waals surface area contributed by atoms with Crippen LogP contribution in [-0.4, -0.2) is 16.6 Å². The van der Waals surface area contributed by atoms with Crippen molar-refractivity contribution in [2.75, 3.05) is 6.61 Å². The van der Waals surface area contributed by atoms with Crippen LogP contribution in [0.15, 0.2) is 66.7 Å². The number of aliphatic hydroxyl groups is 1. The highest BCUT2D eigenvalue weighted by atomic mass is 16.3. The highest BCUT2D eigenvalue weighted by Crippen LogP contribution is 2.35. The smallest absolute Gasteiger partial charge is 0.0628 e. The molecule has 0 aliphatic carbocycles. The normalized spacial score (nSPS) is 17.8.